The fourth-order valence-corrected chi connectivity index (χ4v) is 2.12. The van der Waals surface area contributed by atoms with E-state index in [-0.39, 0.29) is 6.10 Å². The highest BCUT2D eigenvalue weighted by atomic mass is 16.5. The fourth-order valence-electron chi connectivity index (χ4n) is 2.12. The summed E-state index contributed by atoms with van der Waals surface area (Å²) in [6.07, 6.45) is 0.266. The molecule has 0 radical (unpaired) electrons. The summed E-state index contributed by atoms with van der Waals surface area (Å²) in [5, 5.41) is 11.7. The molecular weight excluding hydrogens is 216 g/mol. The number of ether oxygens (including phenoxy) is 1. The highest BCUT2D eigenvalue weighted by Gasteiger charge is 2.19. The van der Waals surface area contributed by atoms with Crippen molar-refractivity contribution in [3.8, 4) is 0 Å². The van der Waals surface area contributed by atoms with Crippen molar-refractivity contribution < 1.29 is 4.74 Å². The molecule has 1 N–H and O–H groups in total. The second kappa shape index (κ2) is 5.42. The van der Waals surface area contributed by atoms with E-state index in [1.807, 2.05) is 7.05 Å². The van der Waals surface area contributed by atoms with Crippen molar-refractivity contribution in [2.24, 2.45) is 0 Å². The van der Waals surface area contributed by atoms with E-state index < -0.39 is 0 Å². The Hall–Kier alpha value is -1.20. The van der Waals surface area contributed by atoms with Gasteiger partial charge in [0.1, 0.15) is 0 Å². The zero-order chi connectivity index (χ0) is 12.3. The molecule has 1 aromatic rings. The summed E-state index contributed by atoms with van der Waals surface area (Å²) in [7, 11) is 1.91. The molecular formula is C12H20N4O. The zero-order valence-corrected chi connectivity index (χ0v) is 10.7. The first kappa shape index (κ1) is 12.3. The van der Waals surface area contributed by atoms with E-state index in [2.05, 4.69) is 40.3 Å². The van der Waals surface area contributed by atoms with Crippen LogP contribution in [0, 0.1) is 6.92 Å². The number of aryl methyl sites for hydroxylation is 1. The highest BCUT2D eigenvalue weighted by molar-refractivity contribution is 5.46. The van der Waals surface area contributed by atoms with Crippen molar-refractivity contribution in [3.05, 3.63) is 17.3 Å². The zero-order valence-electron chi connectivity index (χ0n) is 10.7. The lowest BCUT2D eigenvalue weighted by Gasteiger charge is -2.32. The number of aromatic nitrogens is 2. The van der Waals surface area contributed by atoms with Crippen LogP contribution in [0.2, 0.25) is 0 Å². The first-order valence-electron chi connectivity index (χ1n) is 6.05. The molecule has 2 rings (SSSR count). The molecule has 1 aromatic heterocycles. The Balaban J connectivity index is 2.15. The second-order valence-corrected chi connectivity index (χ2v) is 4.50. The summed E-state index contributed by atoms with van der Waals surface area (Å²) in [6, 6.07) is 2.10. The van der Waals surface area contributed by atoms with Gasteiger partial charge >= 0.3 is 0 Å². The van der Waals surface area contributed by atoms with Gasteiger partial charge in [-0.15, -0.1) is 5.10 Å². The Bertz CT molecular complexity index is 383. The Morgan fingerprint density at radius 1 is 1.53 bits per heavy atom. The molecule has 1 aliphatic rings. The van der Waals surface area contributed by atoms with Gasteiger partial charge in [0.25, 0.3) is 0 Å². The lowest BCUT2D eigenvalue weighted by atomic mass is 10.2. The van der Waals surface area contributed by atoms with Gasteiger partial charge < -0.3 is 15.0 Å². The predicted octanol–water partition coefficient (Wildman–Crippen LogP) is 0.730. The molecule has 0 aliphatic carbocycles. The minimum absolute atomic E-state index is 0.266. The van der Waals surface area contributed by atoms with Crippen LogP contribution in [0.3, 0.4) is 0 Å². The number of hydrogen-bond donors (Lipinski definition) is 1. The van der Waals surface area contributed by atoms with Gasteiger partial charge in [0, 0.05) is 19.6 Å². The number of nitrogens with zero attached hydrogens (tertiary/aromatic N) is 3. The lowest BCUT2D eigenvalue weighted by molar-refractivity contribution is 0.0528. The lowest BCUT2D eigenvalue weighted by Crippen LogP contribution is -2.42. The molecule has 1 fully saturated rings. The summed E-state index contributed by atoms with van der Waals surface area (Å²) in [5.41, 5.74) is 2.16. The predicted molar refractivity (Wildman–Crippen MR) is 67.2 cm³/mol. The average molecular weight is 236 g/mol. The van der Waals surface area contributed by atoms with Crippen LogP contribution in [0.25, 0.3) is 0 Å². The Labute approximate surface area is 102 Å². The molecule has 1 unspecified atom stereocenters. The van der Waals surface area contributed by atoms with Crippen molar-refractivity contribution in [2.75, 3.05) is 31.6 Å². The molecule has 5 heteroatoms. The van der Waals surface area contributed by atoms with Crippen LogP contribution in [0.4, 0.5) is 5.82 Å². The highest BCUT2D eigenvalue weighted by Crippen LogP contribution is 2.19. The standard InChI is InChI=1S/C12H20N4O/c1-9-6-11(7-13-3)14-15-12(9)16-4-5-17-10(2)8-16/h6,10,13H,4-5,7-8H2,1-3H3. The van der Waals surface area contributed by atoms with Crippen LogP contribution in [-0.4, -0.2) is 43.0 Å². The Morgan fingerprint density at radius 3 is 3.00 bits per heavy atom. The van der Waals surface area contributed by atoms with Gasteiger partial charge in [-0.3, -0.25) is 0 Å². The van der Waals surface area contributed by atoms with Gasteiger partial charge in [-0.2, -0.15) is 5.10 Å². The number of rotatable bonds is 3. The van der Waals surface area contributed by atoms with Crippen LogP contribution in [0.5, 0.6) is 0 Å². The summed E-state index contributed by atoms with van der Waals surface area (Å²) >= 11 is 0. The molecule has 1 atom stereocenters. The van der Waals surface area contributed by atoms with Gasteiger partial charge in [-0.25, -0.2) is 0 Å². The van der Waals surface area contributed by atoms with Gasteiger partial charge in [0.2, 0.25) is 0 Å². The summed E-state index contributed by atoms with van der Waals surface area (Å²) in [6.45, 7) is 7.48. The molecule has 94 valence electrons. The van der Waals surface area contributed by atoms with E-state index in [4.69, 9.17) is 4.74 Å². The molecule has 5 nitrogen and oxygen atoms in total. The normalized spacial score (nSPS) is 20.6. The molecule has 1 saturated heterocycles. The van der Waals surface area contributed by atoms with Crippen molar-refractivity contribution in [3.63, 3.8) is 0 Å². The maximum Gasteiger partial charge on any atom is 0.154 e. The molecule has 0 amide bonds. The minimum atomic E-state index is 0.266. The molecule has 0 saturated carbocycles. The monoisotopic (exact) mass is 236 g/mol. The van der Waals surface area contributed by atoms with Crippen LogP contribution in [-0.2, 0) is 11.3 Å². The van der Waals surface area contributed by atoms with E-state index >= 15 is 0 Å². The van der Waals surface area contributed by atoms with E-state index in [1.54, 1.807) is 0 Å². The summed E-state index contributed by atoms with van der Waals surface area (Å²) in [5.74, 6) is 0.986. The van der Waals surface area contributed by atoms with Gasteiger partial charge in [0.05, 0.1) is 18.4 Å². The number of nitrogens with one attached hydrogen (secondary N) is 1. The number of anilines is 1. The fraction of sp³-hybridized carbons (Fsp3) is 0.667. The van der Waals surface area contributed by atoms with Gasteiger partial charge in [-0.05, 0) is 32.5 Å². The van der Waals surface area contributed by atoms with E-state index in [0.29, 0.717) is 0 Å². The van der Waals surface area contributed by atoms with Crippen LogP contribution < -0.4 is 10.2 Å². The second-order valence-electron chi connectivity index (χ2n) is 4.50. The van der Waals surface area contributed by atoms with Gasteiger partial charge in [-0.1, -0.05) is 0 Å². The van der Waals surface area contributed by atoms with Crippen LogP contribution >= 0.6 is 0 Å². The molecule has 0 bridgehead atoms. The molecule has 2 heterocycles. The molecule has 0 spiro atoms. The SMILES string of the molecule is CNCc1cc(C)c(N2CCOC(C)C2)nn1. The molecule has 0 aromatic carbocycles. The smallest absolute Gasteiger partial charge is 0.154 e. The van der Waals surface area contributed by atoms with Crippen molar-refractivity contribution in [1.29, 1.82) is 0 Å². The molecule has 17 heavy (non-hydrogen) atoms. The average Bonchev–Trinajstić information content (AvgIpc) is 2.29. The summed E-state index contributed by atoms with van der Waals surface area (Å²) < 4.78 is 5.53. The quantitative estimate of drug-likeness (QED) is 0.838. The molecule has 1 aliphatic heterocycles. The maximum atomic E-state index is 5.53. The Morgan fingerprint density at radius 2 is 2.35 bits per heavy atom. The van der Waals surface area contributed by atoms with E-state index in [9.17, 15) is 0 Å². The van der Waals surface area contributed by atoms with Crippen molar-refractivity contribution in [1.82, 2.24) is 15.5 Å². The van der Waals surface area contributed by atoms with E-state index in [1.165, 1.54) is 5.56 Å². The van der Waals surface area contributed by atoms with Crippen LogP contribution in [0.15, 0.2) is 6.07 Å². The van der Waals surface area contributed by atoms with Gasteiger partial charge in [0.15, 0.2) is 5.82 Å². The third kappa shape index (κ3) is 2.92. The third-order valence-electron chi connectivity index (χ3n) is 2.91. The number of hydrogen-bond acceptors (Lipinski definition) is 5. The number of morpholine rings is 1. The van der Waals surface area contributed by atoms with E-state index in [0.717, 1.165) is 37.8 Å². The topological polar surface area (TPSA) is 50.3 Å². The first-order chi connectivity index (χ1) is 8.20. The Kier molecular flexibility index (Phi) is 3.91. The third-order valence-corrected chi connectivity index (χ3v) is 2.91. The largest absolute Gasteiger partial charge is 0.375 e. The first-order valence-corrected chi connectivity index (χ1v) is 6.05. The maximum absolute atomic E-state index is 5.53. The summed E-state index contributed by atoms with van der Waals surface area (Å²) in [4.78, 5) is 2.25. The van der Waals surface area contributed by atoms with Crippen molar-refractivity contribution in [2.45, 2.75) is 26.5 Å². The minimum Gasteiger partial charge on any atom is -0.375 e. The van der Waals surface area contributed by atoms with Crippen molar-refractivity contribution >= 4 is 5.82 Å². The van der Waals surface area contributed by atoms with Crippen LogP contribution in [0.1, 0.15) is 18.2 Å².